The minimum Gasteiger partial charge on any atom is -0.311 e. The molecule has 19 aromatic carbocycles. The van der Waals surface area contributed by atoms with Crippen LogP contribution in [0.5, 0.6) is 0 Å². The molecule has 0 radical (unpaired) electrons. The van der Waals surface area contributed by atoms with E-state index >= 15 is 0 Å². The average molecular weight is 1610 g/mol. The Bertz CT molecular complexity index is 8260. The number of hydrogen-bond donors (Lipinski definition) is 0. The van der Waals surface area contributed by atoms with Crippen molar-refractivity contribution in [3.05, 3.63) is 499 Å². The summed E-state index contributed by atoms with van der Waals surface area (Å²) in [5, 5.41) is -0.333. The van der Waals surface area contributed by atoms with Crippen LogP contribution in [-0.4, -0.2) is 15.8 Å². The van der Waals surface area contributed by atoms with Crippen molar-refractivity contribution in [1.82, 2.24) is 9.13 Å². The number of aromatic nitrogens is 2. The normalized spacial score (nSPS) is 15.4. The van der Waals surface area contributed by atoms with Crippen LogP contribution in [0.3, 0.4) is 0 Å². The van der Waals surface area contributed by atoms with E-state index < -0.39 is 120 Å². The number of anilines is 6. The molecule has 2 aliphatic carbocycles. The third-order valence-electron chi connectivity index (χ3n) is 26.7. The highest BCUT2D eigenvalue weighted by Gasteiger charge is 2.50. The van der Waals surface area contributed by atoms with Gasteiger partial charge in [0.05, 0.1) is 66.2 Å². The van der Waals surface area contributed by atoms with Crippen molar-refractivity contribution in [2.75, 3.05) is 9.80 Å². The molecule has 2 aliphatic heterocycles. The SMILES string of the molecule is [2H]c1c([2H])c([2H])c2c(c1[2H])c1c([2H])c([2H])c([2H])c([2H])c1n2-c1ccc2c(c1)N(c1cc(-c3ccccc3)ccc1-c1ccc3c(c1)C(c1ccccc1)(c1ccccc1)c1ccccc1-3)c1cc(C(C)(C)C)cc3c1B2c1ccc(-n2c4c([2H])c([2H])c([2H])c([2H])c4c4c([2H])c([2H])c([2H])c([2H])c42)cc1N3c1cc(-c2ccccc2)ccc1-c1ccc2c(c1)C(c1ccccc1)(c1ccccc1)c1ccccc1-2. The Balaban J connectivity index is 0.847. The second-order valence-corrected chi connectivity index (χ2v) is 34.1. The maximum absolute atomic E-state index is 10.1. The molecule has 0 unspecified atom stereocenters. The van der Waals surface area contributed by atoms with Gasteiger partial charge in [-0.1, -0.05) is 384 Å². The van der Waals surface area contributed by atoms with E-state index in [1.165, 1.54) is 0 Å². The van der Waals surface area contributed by atoms with E-state index in [4.69, 9.17) is 0 Å². The van der Waals surface area contributed by atoms with Crippen molar-refractivity contribution < 1.29 is 21.9 Å². The Morgan fingerprint density at radius 2 is 0.560 bits per heavy atom. The van der Waals surface area contributed by atoms with Crippen LogP contribution in [0.1, 0.15) is 92.8 Å². The van der Waals surface area contributed by atoms with Crippen LogP contribution < -0.4 is 26.2 Å². The molecule has 4 heterocycles. The molecule has 5 heteroatoms. The van der Waals surface area contributed by atoms with Crippen LogP contribution in [0.4, 0.5) is 34.1 Å². The Hall–Kier alpha value is -15.6. The lowest BCUT2D eigenvalue weighted by molar-refractivity contribution is 0.590. The van der Waals surface area contributed by atoms with Gasteiger partial charge in [-0.3, -0.25) is 0 Å². The molecule has 0 saturated heterocycles. The fourth-order valence-electron chi connectivity index (χ4n) is 21.3. The van der Waals surface area contributed by atoms with Crippen LogP contribution in [0.25, 0.3) is 122 Å². The number of benzene rings is 19. The lowest BCUT2D eigenvalue weighted by Gasteiger charge is -2.46. The molecule has 0 bridgehead atoms. The van der Waals surface area contributed by atoms with Crippen molar-refractivity contribution in [2.24, 2.45) is 0 Å². The van der Waals surface area contributed by atoms with Crippen LogP contribution in [-0.2, 0) is 16.2 Å². The molecule has 0 N–H and O–H groups in total. The van der Waals surface area contributed by atoms with E-state index in [0.717, 1.165) is 145 Å². The summed E-state index contributed by atoms with van der Waals surface area (Å²) in [7, 11) is 0. The summed E-state index contributed by atoms with van der Waals surface area (Å²) in [6, 6.07) is 116. The lowest BCUT2D eigenvalue weighted by Crippen LogP contribution is -2.61. The zero-order valence-electron chi connectivity index (χ0n) is 84.4. The van der Waals surface area contributed by atoms with Crippen molar-refractivity contribution >= 4 is 101 Å². The van der Waals surface area contributed by atoms with E-state index in [9.17, 15) is 21.9 Å². The van der Waals surface area contributed by atoms with Crippen LogP contribution in [0.15, 0.2) is 449 Å². The van der Waals surface area contributed by atoms with Gasteiger partial charge in [-0.25, -0.2) is 0 Å². The third-order valence-corrected chi connectivity index (χ3v) is 26.7. The second-order valence-electron chi connectivity index (χ2n) is 34.1. The first kappa shape index (κ1) is 57.6. The van der Waals surface area contributed by atoms with E-state index in [1.807, 2.05) is 72.8 Å². The van der Waals surface area contributed by atoms with E-state index in [2.05, 4.69) is 310 Å². The van der Waals surface area contributed by atoms with Gasteiger partial charge < -0.3 is 18.9 Å². The summed E-state index contributed by atoms with van der Waals surface area (Å²) in [5.74, 6) is 0. The molecule has 2 aromatic heterocycles. The Morgan fingerprint density at radius 1 is 0.248 bits per heavy atom. The van der Waals surface area contributed by atoms with Gasteiger partial charge in [0, 0.05) is 66.8 Å². The highest BCUT2D eigenvalue weighted by atomic mass is 15.2. The summed E-state index contributed by atoms with van der Waals surface area (Å²) in [6.45, 7) is 5.76. The minimum atomic E-state index is -0.845. The Kier molecular flexibility index (Phi) is 12.9. The van der Waals surface area contributed by atoms with Crippen LogP contribution in [0.2, 0.25) is 0 Å². The Labute approximate surface area is 751 Å². The molecule has 125 heavy (non-hydrogen) atoms. The number of rotatable bonds is 12. The number of para-hydroxylation sites is 4. The van der Waals surface area contributed by atoms with Crippen LogP contribution >= 0.6 is 0 Å². The van der Waals surface area contributed by atoms with Crippen molar-refractivity contribution in [3.8, 4) is 78.1 Å². The first-order valence-corrected chi connectivity index (χ1v) is 42.5. The molecular formula is C120H83BN4. The minimum absolute atomic E-state index is 0.0625. The number of fused-ring (bicyclic) bond motifs is 16. The fraction of sp³-hybridized carbons (Fsp3) is 0.0500. The van der Waals surface area contributed by atoms with Gasteiger partial charge in [0.25, 0.3) is 6.71 Å². The molecule has 25 rings (SSSR count). The van der Waals surface area contributed by atoms with Crippen LogP contribution in [0, 0.1) is 0 Å². The molecule has 0 fully saturated rings. The largest absolute Gasteiger partial charge is 0.311 e. The highest BCUT2D eigenvalue weighted by molar-refractivity contribution is 7.00. The van der Waals surface area contributed by atoms with E-state index in [-0.39, 0.29) is 43.6 Å². The van der Waals surface area contributed by atoms with Gasteiger partial charge >= 0.3 is 0 Å². The van der Waals surface area contributed by atoms with Gasteiger partial charge in [-0.05, 0) is 212 Å². The molecule has 586 valence electrons. The predicted octanol–water partition coefficient (Wildman–Crippen LogP) is 28.7. The monoisotopic (exact) mass is 1610 g/mol. The van der Waals surface area contributed by atoms with Crippen molar-refractivity contribution in [3.63, 3.8) is 0 Å². The van der Waals surface area contributed by atoms with Gasteiger partial charge in [0.1, 0.15) is 0 Å². The molecule has 21 aromatic rings. The first-order chi connectivity index (χ1) is 68.3. The topological polar surface area (TPSA) is 16.3 Å². The third kappa shape index (κ3) is 10.7. The molecule has 0 saturated carbocycles. The lowest BCUT2D eigenvalue weighted by atomic mass is 9.33. The smallest absolute Gasteiger partial charge is 0.252 e. The molecule has 0 spiro atoms. The maximum atomic E-state index is 10.1. The summed E-state index contributed by atoms with van der Waals surface area (Å²) in [5.41, 5.74) is 25.1. The van der Waals surface area contributed by atoms with E-state index in [1.54, 1.807) is 9.13 Å². The molecule has 4 nitrogen and oxygen atoms in total. The number of hydrogen-bond acceptors (Lipinski definition) is 2. The predicted molar refractivity (Wildman–Crippen MR) is 524 cm³/mol. The highest BCUT2D eigenvalue weighted by Crippen LogP contribution is 2.61. The summed E-state index contributed by atoms with van der Waals surface area (Å²) in [6.07, 6.45) is 0. The van der Waals surface area contributed by atoms with Crippen molar-refractivity contribution in [1.29, 1.82) is 0 Å². The molecule has 4 aliphatic rings. The second kappa shape index (κ2) is 28.0. The average Bonchev–Trinajstić information content (AvgIpc) is 1.64. The Morgan fingerprint density at radius 3 is 0.920 bits per heavy atom. The van der Waals surface area contributed by atoms with Gasteiger partial charge in [-0.2, -0.15) is 0 Å². The zero-order chi connectivity index (χ0) is 96.7. The van der Waals surface area contributed by atoms with E-state index in [0.29, 0.717) is 34.1 Å². The first-order valence-electron chi connectivity index (χ1n) is 50.5. The maximum Gasteiger partial charge on any atom is 0.252 e. The number of nitrogens with zero attached hydrogens (tertiary/aromatic N) is 4. The van der Waals surface area contributed by atoms with Gasteiger partial charge in [0.15, 0.2) is 0 Å². The summed E-state index contributed by atoms with van der Waals surface area (Å²) < 4.78 is 157. The quantitative estimate of drug-likeness (QED) is 0.113. The summed E-state index contributed by atoms with van der Waals surface area (Å²) >= 11 is 0. The molecular weight excluding hydrogens is 1510 g/mol. The standard InChI is InChI=1S/C120H83BN4/c1-118(2,3)88-74-115-117-116(75-88)125(112-73-81(79-36-12-5-13-37-79)59-65-92(112)83-61-67-96-94-47-23-29-53-102(94)120(104(96)71-83,86-42-18-8-19-43-86)87-44-20-9-21-45-87)114-77-90(123-109-56-32-26-50-99(109)100-51-27-33-57-110(100)123)63-69-106(114)121(117)105-68-62-89(122-107-54-30-24-48-97(107)98-49-25-31-55-108(98)122)76-113(105)124(115)111-72-80(78-34-10-4-11-35-78)58-64-91(111)82-60-66-95-93-46-22-28-52-101(93)119(103(95)70-82,84-38-14-6-15-39-84)85-40-16-7-17-41-85/h4-77H,1-3H3/i24D,25D,26D,27D,30D,31D,32D,33D,48D,49D,50D,51D,54D,55D,56D,57D. The molecule has 0 amide bonds. The summed E-state index contributed by atoms with van der Waals surface area (Å²) in [4.78, 5) is 4.69. The van der Waals surface area contributed by atoms with Gasteiger partial charge in [-0.15, -0.1) is 0 Å². The fourth-order valence-corrected chi connectivity index (χ4v) is 21.3. The zero-order valence-corrected chi connectivity index (χ0v) is 68.4. The molecule has 0 atom stereocenters. The van der Waals surface area contributed by atoms with Gasteiger partial charge in [0.2, 0.25) is 0 Å². The van der Waals surface area contributed by atoms with Crippen molar-refractivity contribution in [2.45, 2.75) is 37.0 Å².